The van der Waals surface area contributed by atoms with Crippen LogP contribution in [0.1, 0.15) is 81.0 Å². The van der Waals surface area contributed by atoms with Crippen LogP contribution in [0.25, 0.3) is 0 Å². The molecule has 1 saturated carbocycles. The van der Waals surface area contributed by atoms with Crippen molar-refractivity contribution in [2.75, 3.05) is 6.54 Å². The van der Waals surface area contributed by atoms with Gasteiger partial charge in [-0.2, -0.15) is 0 Å². The zero-order valence-corrected chi connectivity index (χ0v) is 16.8. The SMILES string of the molecule is C[C@@H](NC(=O)CN1C(=O)CC2(CCCCC2)C1=O)c1ccc2c(c1)CCCC2. The number of carbonyl (C=O) groups excluding carboxylic acids is 3. The third-order valence-corrected chi connectivity index (χ3v) is 6.85. The van der Waals surface area contributed by atoms with Crippen LogP contribution < -0.4 is 5.32 Å². The van der Waals surface area contributed by atoms with E-state index in [1.165, 1.54) is 28.9 Å². The fourth-order valence-corrected chi connectivity index (χ4v) is 5.18. The lowest BCUT2D eigenvalue weighted by Gasteiger charge is -2.30. The third kappa shape index (κ3) is 3.59. The molecule has 5 heteroatoms. The summed E-state index contributed by atoms with van der Waals surface area (Å²) in [4.78, 5) is 39.1. The molecule has 2 fully saturated rings. The lowest BCUT2D eigenvalue weighted by Crippen LogP contribution is -2.43. The molecule has 0 bridgehead atoms. The molecule has 1 heterocycles. The third-order valence-electron chi connectivity index (χ3n) is 6.85. The predicted octanol–water partition coefficient (Wildman–Crippen LogP) is 3.45. The lowest BCUT2D eigenvalue weighted by molar-refractivity contribution is -0.145. The highest BCUT2D eigenvalue weighted by Gasteiger charge is 2.51. The zero-order chi connectivity index (χ0) is 19.7. The van der Waals surface area contributed by atoms with E-state index in [1.807, 2.05) is 6.92 Å². The second-order valence-electron chi connectivity index (χ2n) is 8.83. The molecule has 0 unspecified atom stereocenters. The van der Waals surface area contributed by atoms with Crippen LogP contribution in [-0.4, -0.2) is 29.2 Å². The number of fused-ring (bicyclic) bond motifs is 1. The molecule has 28 heavy (non-hydrogen) atoms. The first kappa shape index (κ1) is 19.2. The molecule has 3 amide bonds. The largest absolute Gasteiger partial charge is 0.348 e. The quantitative estimate of drug-likeness (QED) is 0.811. The first-order chi connectivity index (χ1) is 13.5. The van der Waals surface area contributed by atoms with Crippen molar-refractivity contribution in [1.82, 2.24) is 10.2 Å². The van der Waals surface area contributed by atoms with E-state index >= 15 is 0 Å². The van der Waals surface area contributed by atoms with Gasteiger partial charge in [0.05, 0.1) is 11.5 Å². The van der Waals surface area contributed by atoms with E-state index in [0.717, 1.165) is 50.5 Å². The molecule has 150 valence electrons. The molecule has 0 aromatic heterocycles. The maximum Gasteiger partial charge on any atom is 0.240 e. The number of amides is 3. The first-order valence-corrected chi connectivity index (χ1v) is 10.7. The van der Waals surface area contributed by atoms with Crippen LogP contribution in [0.4, 0.5) is 0 Å². The number of imide groups is 1. The van der Waals surface area contributed by atoms with Gasteiger partial charge in [-0.3, -0.25) is 19.3 Å². The molecule has 1 aromatic carbocycles. The molecule has 5 nitrogen and oxygen atoms in total. The summed E-state index contributed by atoms with van der Waals surface area (Å²) in [7, 11) is 0. The van der Waals surface area contributed by atoms with E-state index in [9.17, 15) is 14.4 Å². The minimum Gasteiger partial charge on any atom is -0.348 e. The lowest BCUT2D eigenvalue weighted by atomic mass is 9.73. The molecule has 4 rings (SSSR count). The topological polar surface area (TPSA) is 66.5 Å². The average Bonchev–Trinajstić information content (AvgIpc) is 2.92. The number of benzene rings is 1. The van der Waals surface area contributed by atoms with Crippen LogP contribution in [0.15, 0.2) is 18.2 Å². The van der Waals surface area contributed by atoms with Gasteiger partial charge in [-0.1, -0.05) is 37.5 Å². The van der Waals surface area contributed by atoms with Gasteiger partial charge in [0.1, 0.15) is 6.54 Å². The summed E-state index contributed by atoms with van der Waals surface area (Å²) in [6, 6.07) is 6.31. The second-order valence-corrected chi connectivity index (χ2v) is 8.83. The Kier molecular flexibility index (Phi) is 5.26. The van der Waals surface area contributed by atoms with E-state index in [4.69, 9.17) is 0 Å². The number of nitrogens with one attached hydrogen (secondary N) is 1. The Morgan fingerprint density at radius 3 is 2.54 bits per heavy atom. The number of carbonyl (C=O) groups is 3. The van der Waals surface area contributed by atoms with E-state index in [0.29, 0.717) is 0 Å². The monoisotopic (exact) mass is 382 g/mol. The highest BCUT2D eigenvalue weighted by Crippen LogP contribution is 2.45. The first-order valence-electron chi connectivity index (χ1n) is 10.7. The molecular weight excluding hydrogens is 352 g/mol. The number of hydrogen-bond donors (Lipinski definition) is 1. The fraction of sp³-hybridized carbons (Fsp3) is 0.609. The molecule has 1 aliphatic heterocycles. The Bertz CT molecular complexity index is 795. The highest BCUT2D eigenvalue weighted by molar-refractivity contribution is 6.08. The second kappa shape index (κ2) is 7.69. The Balaban J connectivity index is 1.39. The molecule has 1 saturated heterocycles. The van der Waals surface area contributed by atoms with Gasteiger partial charge in [-0.25, -0.2) is 0 Å². The maximum atomic E-state index is 12.9. The van der Waals surface area contributed by atoms with Crippen LogP contribution >= 0.6 is 0 Å². The normalized spacial score (nSPS) is 22.2. The average molecular weight is 383 g/mol. The summed E-state index contributed by atoms with van der Waals surface area (Å²) in [5, 5.41) is 2.98. The standard InChI is InChI=1S/C23H30N2O3/c1-16(18-10-9-17-7-3-4-8-19(17)13-18)24-20(26)15-25-21(27)14-23(22(25)28)11-5-2-6-12-23/h9-10,13,16H,2-8,11-12,14-15H2,1H3,(H,24,26)/t16-/m1/s1. The summed E-state index contributed by atoms with van der Waals surface area (Å²) >= 11 is 0. The van der Waals surface area contributed by atoms with Crippen LogP contribution in [0.2, 0.25) is 0 Å². The molecule has 3 aliphatic rings. The van der Waals surface area contributed by atoms with Gasteiger partial charge >= 0.3 is 0 Å². The van der Waals surface area contributed by atoms with Gasteiger partial charge in [0.25, 0.3) is 0 Å². The van der Waals surface area contributed by atoms with Gasteiger partial charge in [0, 0.05) is 6.42 Å². The summed E-state index contributed by atoms with van der Waals surface area (Å²) in [5.74, 6) is -0.586. The Morgan fingerprint density at radius 1 is 1.07 bits per heavy atom. The van der Waals surface area contributed by atoms with E-state index in [2.05, 4.69) is 23.5 Å². The van der Waals surface area contributed by atoms with Crippen LogP contribution in [0.3, 0.4) is 0 Å². The number of hydrogen-bond acceptors (Lipinski definition) is 3. The summed E-state index contributed by atoms with van der Waals surface area (Å²) in [6.45, 7) is 1.80. The summed E-state index contributed by atoms with van der Waals surface area (Å²) < 4.78 is 0. The molecule has 1 spiro atoms. The predicted molar refractivity (Wildman–Crippen MR) is 106 cm³/mol. The van der Waals surface area contributed by atoms with Crippen molar-refractivity contribution < 1.29 is 14.4 Å². The van der Waals surface area contributed by atoms with E-state index < -0.39 is 5.41 Å². The minimum absolute atomic E-state index is 0.131. The maximum absolute atomic E-state index is 12.9. The van der Waals surface area contributed by atoms with Gasteiger partial charge < -0.3 is 5.32 Å². The molecular formula is C23H30N2O3. The molecule has 1 atom stereocenters. The van der Waals surface area contributed by atoms with E-state index in [-0.39, 0.29) is 36.7 Å². The summed E-state index contributed by atoms with van der Waals surface area (Å²) in [5.41, 5.74) is 3.35. The number of rotatable bonds is 4. The zero-order valence-electron chi connectivity index (χ0n) is 16.8. The van der Waals surface area contributed by atoms with Gasteiger partial charge in [-0.15, -0.1) is 0 Å². The summed E-state index contributed by atoms with van der Waals surface area (Å²) in [6.07, 6.45) is 9.66. The highest BCUT2D eigenvalue weighted by atomic mass is 16.2. The smallest absolute Gasteiger partial charge is 0.240 e. The van der Waals surface area contributed by atoms with Crippen molar-refractivity contribution in [3.63, 3.8) is 0 Å². The minimum atomic E-state index is -0.528. The van der Waals surface area contributed by atoms with Gasteiger partial charge in [0.15, 0.2) is 0 Å². The van der Waals surface area contributed by atoms with E-state index in [1.54, 1.807) is 0 Å². The molecule has 1 N–H and O–H groups in total. The number of nitrogens with zero attached hydrogens (tertiary/aromatic N) is 1. The Morgan fingerprint density at radius 2 is 1.79 bits per heavy atom. The van der Waals surface area contributed by atoms with Gasteiger partial charge in [-0.05, 0) is 62.1 Å². The van der Waals surface area contributed by atoms with Crippen LogP contribution in [0, 0.1) is 5.41 Å². The fourth-order valence-electron chi connectivity index (χ4n) is 5.18. The van der Waals surface area contributed by atoms with Crippen LogP contribution in [0.5, 0.6) is 0 Å². The Hall–Kier alpha value is -2.17. The number of likely N-dealkylation sites (tertiary alicyclic amines) is 1. The van der Waals surface area contributed by atoms with Crippen molar-refractivity contribution in [1.29, 1.82) is 0 Å². The van der Waals surface area contributed by atoms with Crippen molar-refractivity contribution in [2.45, 2.75) is 77.2 Å². The Labute approximate surface area is 166 Å². The molecule has 1 aromatic rings. The molecule has 0 radical (unpaired) electrons. The number of aryl methyl sites for hydroxylation is 2. The molecule has 2 aliphatic carbocycles. The van der Waals surface area contributed by atoms with Gasteiger partial charge in [0.2, 0.25) is 17.7 Å². The van der Waals surface area contributed by atoms with Crippen molar-refractivity contribution in [3.05, 3.63) is 34.9 Å². The van der Waals surface area contributed by atoms with Crippen molar-refractivity contribution in [3.8, 4) is 0 Å². The van der Waals surface area contributed by atoms with Crippen molar-refractivity contribution >= 4 is 17.7 Å². The van der Waals surface area contributed by atoms with Crippen LogP contribution in [-0.2, 0) is 27.2 Å². The van der Waals surface area contributed by atoms with Crippen molar-refractivity contribution in [2.24, 2.45) is 5.41 Å².